The molecular formula is C17H20N2O2. The Labute approximate surface area is 124 Å². The predicted molar refractivity (Wildman–Crippen MR) is 83.6 cm³/mol. The molecule has 0 spiro atoms. The summed E-state index contributed by atoms with van der Waals surface area (Å²) in [4.78, 5) is 26.8. The lowest BCUT2D eigenvalue weighted by Crippen LogP contribution is -2.33. The minimum absolute atomic E-state index is 0.00852. The predicted octanol–water partition coefficient (Wildman–Crippen LogP) is 2.55. The lowest BCUT2D eigenvalue weighted by atomic mass is 10.1. The summed E-state index contributed by atoms with van der Waals surface area (Å²) in [5, 5.41) is 0.855. The van der Waals surface area contributed by atoms with E-state index in [4.69, 9.17) is 0 Å². The molecule has 0 N–H and O–H groups in total. The Hall–Kier alpha value is -2.10. The number of likely N-dealkylation sites (tertiary alicyclic amines) is 1. The number of fused-ring (bicyclic) bond motifs is 1. The van der Waals surface area contributed by atoms with Gasteiger partial charge in [-0.1, -0.05) is 31.0 Å². The van der Waals surface area contributed by atoms with Crippen molar-refractivity contribution in [3.8, 4) is 0 Å². The first kappa shape index (κ1) is 13.9. The number of carbonyl (C=O) groups is 1. The molecule has 0 bridgehead atoms. The maximum absolute atomic E-state index is 12.8. The quantitative estimate of drug-likeness (QED) is 0.807. The van der Waals surface area contributed by atoms with E-state index in [9.17, 15) is 9.59 Å². The lowest BCUT2D eigenvalue weighted by Gasteiger charge is -2.21. The van der Waals surface area contributed by atoms with Crippen molar-refractivity contribution < 1.29 is 4.79 Å². The molecule has 0 atom stereocenters. The molecular weight excluding hydrogens is 264 g/mol. The van der Waals surface area contributed by atoms with E-state index in [0.29, 0.717) is 5.56 Å². The van der Waals surface area contributed by atoms with Gasteiger partial charge in [0.05, 0.1) is 11.1 Å². The second kappa shape index (κ2) is 5.72. The van der Waals surface area contributed by atoms with Crippen LogP contribution in [-0.4, -0.2) is 28.5 Å². The molecule has 3 rings (SSSR count). The Morgan fingerprint density at radius 3 is 2.43 bits per heavy atom. The van der Waals surface area contributed by atoms with Gasteiger partial charge in [0.1, 0.15) is 0 Å². The van der Waals surface area contributed by atoms with E-state index < -0.39 is 0 Å². The largest absolute Gasteiger partial charge is 0.339 e. The molecule has 1 aromatic carbocycles. The number of hydrogen-bond donors (Lipinski definition) is 0. The Bertz CT molecular complexity index is 725. The van der Waals surface area contributed by atoms with E-state index in [1.165, 1.54) is 18.9 Å². The summed E-state index contributed by atoms with van der Waals surface area (Å²) in [5.41, 5.74) is 1.21. The Kier molecular flexibility index (Phi) is 3.78. The maximum atomic E-state index is 12.8. The Morgan fingerprint density at radius 1 is 1.05 bits per heavy atom. The topological polar surface area (TPSA) is 42.3 Å². The van der Waals surface area contributed by atoms with Crippen molar-refractivity contribution in [2.45, 2.75) is 25.7 Å². The molecule has 1 aliphatic heterocycles. The van der Waals surface area contributed by atoms with E-state index in [1.54, 1.807) is 11.6 Å². The van der Waals surface area contributed by atoms with E-state index in [1.807, 2.05) is 29.2 Å². The number of rotatable bonds is 1. The summed E-state index contributed by atoms with van der Waals surface area (Å²) in [6.45, 7) is 1.59. The average molecular weight is 284 g/mol. The summed E-state index contributed by atoms with van der Waals surface area (Å²) < 4.78 is 1.59. The number of hydrogen-bond acceptors (Lipinski definition) is 2. The van der Waals surface area contributed by atoms with Crippen LogP contribution >= 0.6 is 0 Å². The van der Waals surface area contributed by atoms with Gasteiger partial charge < -0.3 is 9.47 Å². The van der Waals surface area contributed by atoms with Gasteiger partial charge >= 0.3 is 0 Å². The summed E-state index contributed by atoms with van der Waals surface area (Å²) in [7, 11) is 1.74. The van der Waals surface area contributed by atoms with Crippen LogP contribution in [0.4, 0.5) is 0 Å². The van der Waals surface area contributed by atoms with Crippen molar-refractivity contribution >= 4 is 16.8 Å². The highest BCUT2D eigenvalue weighted by Crippen LogP contribution is 2.19. The van der Waals surface area contributed by atoms with Gasteiger partial charge in [-0.3, -0.25) is 9.59 Å². The van der Waals surface area contributed by atoms with Gasteiger partial charge in [-0.25, -0.2) is 0 Å². The van der Waals surface area contributed by atoms with Gasteiger partial charge in [0.25, 0.3) is 11.5 Å². The molecule has 0 saturated carbocycles. The Balaban J connectivity index is 2.09. The van der Waals surface area contributed by atoms with Gasteiger partial charge in [0.15, 0.2) is 0 Å². The fourth-order valence-electron chi connectivity index (χ4n) is 3.03. The number of aryl methyl sites for hydroxylation is 1. The number of pyridine rings is 1. The number of benzene rings is 1. The highest BCUT2D eigenvalue weighted by molar-refractivity contribution is 6.06. The molecule has 1 aromatic heterocycles. The summed E-state index contributed by atoms with van der Waals surface area (Å²) in [6.07, 6.45) is 4.46. The third kappa shape index (κ3) is 2.58. The SMILES string of the molecule is Cn1c(=O)cc(C(=O)N2CCCCCC2)c2ccccc21. The van der Waals surface area contributed by atoms with Crippen LogP contribution < -0.4 is 5.56 Å². The third-order valence-electron chi connectivity index (χ3n) is 4.28. The van der Waals surface area contributed by atoms with Crippen molar-refractivity contribution in [2.75, 3.05) is 13.1 Å². The second-order valence-electron chi connectivity index (χ2n) is 5.68. The molecule has 2 aromatic rings. The first-order chi connectivity index (χ1) is 10.2. The highest BCUT2D eigenvalue weighted by atomic mass is 16.2. The first-order valence-electron chi connectivity index (χ1n) is 7.56. The van der Waals surface area contributed by atoms with Crippen molar-refractivity contribution in [1.29, 1.82) is 0 Å². The summed E-state index contributed by atoms with van der Waals surface area (Å²) in [6, 6.07) is 9.08. The van der Waals surface area contributed by atoms with Crippen LogP contribution in [0.15, 0.2) is 35.1 Å². The summed E-state index contributed by atoms with van der Waals surface area (Å²) in [5.74, 6) is -0.00852. The van der Waals surface area contributed by atoms with E-state index in [2.05, 4.69) is 0 Å². The van der Waals surface area contributed by atoms with Crippen molar-refractivity contribution in [3.05, 3.63) is 46.2 Å². The van der Waals surface area contributed by atoms with E-state index >= 15 is 0 Å². The number of aromatic nitrogens is 1. The molecule has 110 valence electrons. The standard InChI is InChI=1S/C17H20N2O2/c1-18-15-9-5-4-8-13(15)14(12-16(18)20)17(21)19-10-6-2-3-7-11-19/h4-5,8-9,12H,2-3,6-7,10-11H2,1H3. The fourth-order valence-corrected chi connectivity index (χ4v) is 3.03. The molecule has 4 nitrogen and oxygen atoms in total. The van der Waals surface area contributed by atoms with Gasteiger partial charge in [-0.15, -0.1) is 0 Å². The van der Waals surface area contributed by atoms with E-state index in [-0.39, 0.29) is 11.5 Å². The van der Waals surface area contributed by atoms with Gasteiger partial charge in [0.2, 0.25) is 0 Å². The fraction of sp³-hybridized carbons (Fsp3) is 0.412. The minimum Gasteiger partial charge on any atom is -0.339 e. The minimum atomic E-state index is -0.133. The lowest BCUT2D eigenvalue weighted by molar-refractivity contribution is 0.0763. The molecule has 0 unspecified atom stereocenters. The van der Waals surface area contributed by atoms with Gasteiger partial charge in [-0.05, 0) is 18.9 Å². The molecule has 1 amide bonds. The molecule has 2 heterocycles. The number of para-hydroxylation sites is 1. The molecule has 1 aliphatic rings. The van der Waals surface area contributed by atoms with Crippen LogP contribution in [0.2, 0.25) is 0 Å². The van der Waals surface area contributed by atoms with Crippen molar-refractivity contribution in [2.24, 2.45) is 7.05 Å². The highest BCUT2D eigenvalue weighted by Gasteiger charge is 2.20. The molecule has 1 fully saturated rings. The molecule has 1 saturated heterocycles. The first-order valence-corrected chi connectivity index (χ1v) is 7.56. The third-order valence-corrected chi connectivity index (χ3v) is 4.28. The van der Waals surface area contributed by atoms with Crippen LogP contribution in [0, 0.1) is 0 Å². The van der Waals surface area contributed by atoms with Gasteiger partial charge in [-0.2, -0.15) is 0 Å². The van der Waals surface area contributed by atoms with Crippen LogP contribution in [0.3, 0.4) is 0 Å². The smallest absolute Gasteiger partial charge is 0.254 e. The molecule has 21 heavy (non-hydrogen) atoms. The zero-order chi connectivity index (χ0) is 14.8. The monoisotopic (exact) mass is 284 g/mol. The molecule has 4 heteroatoms. The molecule has 0 radical (unpaired) electrons. The number of amides is 1. The van der Waals surface area contributed by atoms with Crippen molar-refractivity contribution in [1.82, 2.24) is 9.47 Å². The number of nitrogens with zero attached hydrogens (tertiary/aromatic N) is 2. The normalized spacial score (nSPS) is 16.0. The van der Waals surface area contributed by atoms with E-state index in [0.717, 1.165) is 36.8 Å². The van der Waals surface area contributed by atoms with Gasteiger partial charge in [0, 0.05) is 31.6 Å². The van der Waals surface area contributed by atoms with Crippen LogP contribution in [0.1, 0.15) is 36.0 Å². The zero-order valence-corrected chi connectivity index (χ0v) is 12.3. The summed E-state index contributed by atoms with van der Waals surface area (Å²) >= 11 is 0. The number of carbonyl (C=O) groups excluding carboxylic acids is 1. The average Bonchev–Trinajstić information content (AvgIpc) is 2.79. The zero-order valence-electron chi connectivity index (χ0n) is 12.3. The van der Waals surface area contributed by atoms with Crippen LogP contribution in [0.25, 0.3) is 10.9 Å². The second-order valence-corrected chi connectivity index (χ2v) is 5.68. The molecule has 0 aliphatic carbocycles. The Morgan fingerprint density at radius 2 is 1.71 bits per heavy atom. The van der Waals surface area contributed by atoms with Crippen LogP contribution in [0.5, 0.6) is 0 Å². The van der Waals surface area contributed by atoms with Crippen LogP contribution in [-0.2, 0) is 7.05 Å². The van der Waals surface area contributed by atoms with Crippen molar-refractivity contribution in [3.63, 3.8) is 0 Å². The maximum Gasteiger partial charge on any atom is 0.254 e.